The van der Waals surface area contributed by atoms with Crippen molar-refractivity contribution in [1.82, 2.24) is 5.43 Å². The van der Waals surface area contributed by atoms with Crippen LogP contribution in [0, 0.1) is 0 Å². The normalized spacial score (nSPS) is 11.6. The second kappa shape index (κ2) is 6.30. The van der Waals surface area contributed by atoms with E-state index in [4.69, 9.17) is 0 Å². The molecule has 0 bridgehead atoms. The van der Waals surface area contributed by atoms with Gasteiger partial charge in [-0.25, -0.2) is 5.43 Å². The molecule has 22 heavy (non-hydrogen) atoms. The molecule has 0 heterocycles. The van der Waals surface area contributed by atoms with Crippen molar-refractivity contribution in [3.05, 3.63) is 65.2 Å². The van der Waals surface area contributed by atoms with Crippen molar-refractivity contribution in [3.8, 4) is 5.75 Å². The quantitative estimate of drug-likeness (QED) is 0.676. The molecule has 7 heteroatoms. The second-order valence-electron chi connectivity index (χ2n) is 4.30. The average molecular weight is 308 g/mol. The lowest BCUT2D eigenvalue weighted by Crippen LogP contribution is -2.22. The number of phenols is 1. The Labute approximate surface area is 123 Å². The Morgan fingerprint density at radius 3 is 2.41 bits per heavy atom. The van der Waals surface area contributed by atoms with Crippen LogP contribution in [0.1, 0.15) is 21.5 Å². The van der Waals surface area contributed by atoms with Gasteiger partial charge >= 0.3 is 6.18 Å². The number of benzene rings is 2. The molecule has 0 saturated carbocycles. The highest BCUT2D eigenvalue weighted by Crippen LogP contribution is 2.31. The first-order valence-corrected chi connectivity index (χ1v) is 6.17. The summed E-state index contributed by atoms with van der Waals surface area (Å²) in [4.78, 5) is 11.8. The van der Waals surface area contributed by atoms with Gasteiger partial charge in [0.25, 0.3) is 5.91 Å². The molecule has 2 aromatic rings. The van der Waals surface area contributed by atoms with Gasteiger partial charge in [-0.3, -0.25) is 4.79 Å². The van der Waals surface area contributed by atoms with E-state index in [1.807, 2.05) is 5.43 Å². The number of aromatic hydroxyl groups is 1. The van der Waals surface area contributed by atoms with Crippen molar-refractivity contribution in [2.24, 2.45) is 5.10 Å². The zero-order valence-electron chi connectivity index (χ0n) is 11.1. The molecule has 0 aliphatic heterocycles. The minimum atomic E-state index is -4.63. The summed E-state index contributed by atoms with van der Waals surface area (Å²) in [5.41, 5.74) is 0.772. The van der Waals surface area contributed by atoms with Crippen molar-refractivity contribution in [1.29, 1.82) is 0 Å². The van der Waals surface area contributed by atoms with Crippen LogP contribution in [-0.2, 0) is 6.18 Å². The van der Waals surface area contributed by atoms with E-state index < -0.39 is 23.2 Å². The number of alkyl halides is 3. The number of nitrogens with zero attached hydrogens (tertiary/aromatic N) is 1. The van der Waals surface area contributed by atoms with Gasteiger partial charge in [0, 0.05) is 5.56 Å². The molecule has 2 aromatic carbocycles. The second-order valence-corrected chi connectivity index (χ2v) is 4.30. The van der Waals surface area contributed by atoms with Gasteiger partial charge in [0.15, 0.2) is 0 Å². The standard InChI is InChI=1S/C15H11F3N2O2/c16-15(17,18)12-7-3-2-6-11(12)14(22)20-19-9-10-5-1-4-8-13(10)21/h1-9,21H,(H,20,22)/b19-9+. The number of nitrogens with one attached hydrogen (secondary N) is 1. The number of rotatable bonds is 3. The zero-order valence-corrected chi connectivity index (χ0v) is 11.1. The number of hydrogen-bond acceptors (Lipinski definition) is 3. The zero-order chi connectivity index (χ0) is 16.2. The van der Waals surface area contributed by atoms with E-state index in [2.05, 4.69) is 5.10 Å². The van der Waals surface area contributed by atoms with Gasteiger partial charge in [0.2, 0.25) is 0 Å². The van der Waals surface area contributed by atoms with Gasteiger partial charge in [-0.05, 0) is 24.3 Å². The molecule has 0 fully saturated rings. The minimum Gasteiger partial charge on any atom is -0.507 e. The van der Waals surface area contributed by atoms with Crippen LogP contribution in [0.2, 0.25) is 0 Å². The van der Waals surface area contributed by atoms with Crippen molar-refractivity contribution in [2.45, 2.75) is 6.18 Å². The molecular formula is C15H11F3N2O2. The first-order chi connectivity index (χ1) is 10.4. The SMILES string of the molecule is O=C(N/N=C/c1ccccc1O)c1ccccc1C(F)(F)F. The lowest BCUT2D eigenvalue weighted by Gasteiger charge is -2.10. The predicted molar refractivity (Wildman–Crippen MR) is 74.6 cm³/mol. The summed E-state index contributed by atoms with van der Waals surface area (Å²) in [6.07, 6.45) is -3.49. The summed E-state index contributed by atoms with van der Waals surface area (Å²) in [6, 6.07) is 10.6. The molecule has 0 radical (unpaired) electrons. The fourth-order valence-corrected chi connectivity index (χ4v) is 1.75. The van der Waals surface area contributed by atoms with Crippen LogP contribution in [-0.4, -0.2) is 17.2 Å². The molecule has 0 atom stereocenters. The van der Waals surface area contributed by atoms with Crippen LogP contribution >= 0.6 is 0 Å². The van der Waals surface area contributed by atoms with Gasteiger partial charge < -0.3 is 5.11 Å². The molecule has 2 rings (SSSR count). The van der Waals surface area contributed by atoms with Crippen LogP contribution in [0.15, 0.2) is 53.6 Å². The summed E-state index contributed by atoms with van der Waals surface area (Å²) in [5.74, 6) is -1.05. The smallest absolute Gasteiger partial charge is 0.417 e. The molecule has 114 valence electrons. The Morgan fingerprint density at radius 2 is 1.73 bits per heavy atom. The minimum absolute atomic E-state index is 0.0591. The van der Waals surface area contributed by atoms with E-state index in [0.717, 1.165) is 18.3 Å². The Morgan fingerprint density at radius 1 is 1.09 bits per heavy atom. The van der Waals surface area contributed by atoms with Gasteiger partial charge in [-0.1, -0.05) is 24.3 Å². The number of carbonyl (C=O) groups is 1. The lowest BCUT2D eigenvalue weighted by molar-refractivity contribution is -0.137. The maximum atomic E-state index is 12.8. The van der Waals surface area contributed by atoms with Crippen LogP contribution < -0.4 is 5.43 Å². The Bertz CT molecular complexity index is 712. The van der Waals surface area contributed by atoms with E-state index in [1.165, 1.54) is 24.3 Å². The van der Waals surface area contributed by atoms with Crippen LogP contribution in [0.3, 0.4) is 0 Å². The maximum Gasteiger partial charge on any atom is 0.417 e. The first-order valence-electron chi connectivity index (χ1n) is 6.17. The van der Waals surface area contributed by atoms with E-state index in [9.17, 15) is 23.1 Å². The van der Waals surface area contributed by atoms with Crippen LogP contribution in [0.25, 0.3) is 0 Å². The van der Waals surface area contributed by atoms with E-state index in [1.54, 1.807) is 12.1 Å². The average Bonchev–Trinajstić information content (AvgIpc) is 2.48. The Hall–Kier alpha value is -2.83. The predicted octanol–water partition coefficient (Wildman–Crippen LogP) is 3.17. The van der Waals surface area contributed by atoms with Crippen molar-refractivity contribution < 1.29 is 23.1 Å². The number of phenolic OH excluding ortho intramolecular Hbond substituents is 1. The summed E-state index contributed by atoms with van der Waals surface area (Å²) in [7, 11) is 0. The first kappa shape index (κ1) is 15.6. The highest BCUT2D eigenvalue weighted by Gasteiger charge is 2.34. The van der Waals surface area contributed by atoms with E-state index >= 15 is 0 Å². The Balaban J connectivity index is 2.16. The fraction of sp³-hybridized carbons (Fsp3) is 0.0667. The van der Waals surface area contributed by atoms with Gasteiger partial charge in [0.05, 0.1) is 17.3 Å². The van der Waals surface area contributed by atoms with E-state index in [-0.39, 0.29) is 5.75 Å². The lowest BCUT2D eigenvalue weighted by atomic mass is 10.1. The van der Waals surface area contributed by atoms with Gasteiger partial charge in [-0.15, -0.1) is 0 Å². The monoisotopic (exact) mass is 308 g/mol. The van der Waals surface area contributed by atoms with Crippen molar-refractivity contribution >= 4 is 12.1 Å². The van der Waals surface area contributed by atoms with E-state index in [0.29, 0.717) is 5.56 Å². The molecule has 0 aromatic heterocycles. The molecule has 2 N–H and O–H groups in total. The summed E-state index contributed by atoms with van der Waals surface area (Å²) in [6.45, 7) is 0. The molecule has 0 saturated heterocycles. The summed E-state index contributed by atoms with van der Waals surface area (Å²) < 4.78 is 38.4. The third-order valence-corrected chi connectivity index (χ3v) is 2.78. The van der Waals surface area contributed by atoms with Crippen molar-refractivity contribution in [2.75, 3.05) is 0 Å². The number of carbonyl (C=O) groups excluding carboxylic acids is 1. The molecular weight excluding hydrogens is 297 g/mol. The molecule has 0 unspecified atom stereocenters. The summed E-state index contributed by atoms with van der Waals surface area (Å²) in [5, 5.41) is 13.0. The molecule has 0 aliphatic carbocycles. The maximum absolute atomic E-state index is 12.8. The van der Waals surface area contributed by atoms with Crippen molar-refractivity contribution in [3.63, 3.8) is 0 Å². The number of para-hydroxylation sites is 1. The molecule has 4 nitrogen and oxygen atoms in total. The third kappa shape index (κ3) is 3.63. The number of amides is 1. The van der Waals surface area contributed by atoms with Gasteiger partial charge in [0.1, 0.15) is 5.75 Å². The molecule has 1 amide bonds. The molecule has 0 spiro atoms. The van der Waals surface area contributed by atoms with Gasteiger partial charge in [-0.2, -0.15) is 18.3 Å². The highest BCUT2D eigenvalue weighted by atomic mass is 19.4. The number of halogens is 3. The van der Waals surface area contributed by atoms with Crippen LogP contribution in [0.4, 0.5) is 13.2 Å². The third-order valence-electron chi connectivity index (χ3n) is 2.78. The molecule has 0 aliphatic rings. The highest BCUT2D eigenvalue weighted by molar-refractivity contribution is 5.96. The topological polar surface area (TPSA) is 61.7 Å². The van der Waals surface area contributed by atoms with Crippen LogP contribution in [0.5, 0.6) is 5.75 Å². The number of hydrogen-bond donors (Lipinski definition) is 2. The Kier molecular flexibility index (Phi) is 4.45. The fourth-order valence-electron chi connectivity index (χ4n) is 1.75. The summed E-state index contributed by atoms with van der Waals surface area (Å²) >= 11 is 0. The largest absolute Gasteiger partial charge is 0.507 e. The number of hydrazone groups is 1.